The summed E-state index contributed by atoms with van der Waals surface area (Å²) in [5.74, 6) is 0.545. The van der Waals surface area contributed by atoms with Gasteiger partial charge in [-0.15, -0.1) is 11.3 Å². The number of aromatic nitrogens is 1. The van der Waals surface area contributed by atoms with E-state index in [9.17, 15) is 8.42 Å². The molecule has 5 nitrogen and oxygen atoms in total. The van der Waals surface area contributed by atoms with Gasteiger partial charge in [-0.2, -0.15) is 0 Å². The molecule has 7 heteroatoms. The Morgan fingerprint density at radius 2 is 1.92 bits per heavy atom. The lowest BCUT2D eigenvalue weighted by Gasteiger charge is -2.02. The molecule has 0 amide bonds. The summed E-state index contributed by atoms with van der Waals surface area (Å²) >= 11 is 1.30. The van der Waals surface area contributed by atoms with Crippen molar-refractivity contribution in [3.05, 3.63) is 58.8 Å². The molecule has 0 aliphatic heterocycles. The van der Waals surface area contributed by atoms with Gasteiger partial charge in [0.25, 0.3) is 0 Å². The Morgan fingerprint density at radius 1 is 1.16 bits per heavy atom. The zero-order valence-electron chi connectivity index (χ0n) is 14.2. The largest absolute Gasteiger partial charge is 0.444 e. The SMILES string of the molecule is CCc1ccc(S(=O)(=O)NCCc2coc(-c3ccc(C)cc3)n2)s1. The van der Waals surface area contributed by atoms with Gasteiger partial charge in [-0.3, -0.25) is 0 Å². The number of oxazole rings is 1. The molecule has 0 fully saturated rings. The van der Waals surface area contributed by atoms with Gasteiger partial charge < -0.3 is 4.42 Å². The molecule has 132 valence electrons. The van der Waals surface area contributed by atoms with Gasteiger partial charge in [0.1, 0.15) is 10.5 Å². The highest BCUT2D eigenvalue weighted by molar-refractivity contribution is 7.91. The zero-order chi connectivity index (χ0) is 17.9. The minimum Gasteiger partial charge on any atom is -0.444 e. The van der Waals surface area contributed by atoms with Gasteiger partial charge in [0, 0.05) is 23.4 Å². The molecule has 25 heavy (non-hydrogen) atoms. The fourth-order valence-corrected chi connectivity index (χ4v) is 4.70. The van der Waals surface area contributed by atoms with Gasteiger partial charge in [0.05, 0.1) is 5.69 Å². The maximum Gasteiger partial charge on any atom is 0.250 e. The van der Waals surface area contributed by atoms with Gasteiger partial charge in [-0.25, -0.2) is 18.1 Å². The molecule has 3 rings (SSSR count). The predicted octanol–water partition coefficient (Wildman–Crippen LogP) is 3.79. The number of hydrogen-bond donors (Lipinski definition) is 1. The molecule has 3 aromatic rings. The molecular weight excluding hydrogens is 356 g/mol. The average molecular weight is 377 g/mol. The van der Waals surface area contributed by atoms with Crippen molar-refractivity contribution in [3.8, 4) is 11.5 Å². The van der Waals surface area contributed by atoms with Crippen LogP contribution in [-0.4, -0.2) is 19.9 Å². The van der Waals surface area contributed by atoms with Crippen molar-refractivity contribution in [2.45, 2.75) is 30.9 Å². The molecule has 1 aromatic carbocycles. The number of hydrogen-bond acceptors (Lipinski definition) is 5. The quantitative estimate of drug-likeness (QED) is 0.681. The van der Waals surface area contributed by atoms with Crippen LogP contribution in [0.15, 0.2) is 51.3 Å². The molecule has 0 atom stereocenters. The molecular formula is C18H20N2O3S2. The lowest BCUT2D eigenvalue weighted by molar-refractivity contribution is 0.570. The third-order valence-corrected chi connectivity index (χ3v) is 6.96. The van der Waals surface area contributed by atoms with E-state index in [-0.39, 0.29) is 6.54 Å². The molecule has 0 aliphatic carbocycles. The van der Waals surface area contributed by atoms with Crippen LogP contribution in [0.5, 0.6) is 0 Å². The summed E-state index contributed by atoms with van der Waals surface area (Å²) in [5.41, 5.74) is 2.80. The van der Waals surface area contributed by atoms with Gasteiger partial charge in [-0.05, 0) is 37.6 Å². The van der Waals surface area contributed by atoms with Gasteiger partial charge in [0.2, 0.25) is 15.9 Å². The summed E-state index contributed by atoms with van der Waals surface area (Å²) in [6, 6.07) is 11.4. The van der Waals surface area contributed by atoms with Crippen molar-refractivity contribution < 1.29 is 12.8 Å². The number of rotatable bonds is 7. The van der Waals surface area contributed by atoms with E-state index in [0.717, 1.165) is 22.6 Å². The van der Waals surface area contributed by atoms with Crippen LogP contribution in [-0.2, 0) is 22.9 Å². The Bertz CT molecular complexity index is 941. The molecule has 0 spiro atoms. The minimum atomic E-state index is -3.46. The van der Waals surface area contributed by atoms with Gasteiger partial charge >= 0.3 is 0 Å². The van der Waals surface area contributed by atoms with Crippen molar-refractivity contribution in [1.82, 2.24) is 9.71 Å². The smallest absolute Gasteiger partial charge is 0.250 e. The van der Waals surface area contributed by atoms with Gasteiger partial charge in [0.15, 0.2) is 0 Å². The molecule has 0 aliphatic rings. The first kappa shape index (κ1) is 17.8. The first-order valence-corrected chi connectivity index (χ1v) is 10.4. The lowest BCUT2D eigenvalue weighted by atomic mass is 10.1. The van der Waals surface area contributed by atoms with Crippen molar-refractivity contribution in [1.29, 1.82) is 0 Å². The van der Waals surface area contributed by atoms with E-state index >= 15 is 0 Å². The van der Waals surface area contributed by atoms with Gasteiger partial charge in [-0.1, -0.05) is 24.6 Å². The normalized spacial score (nSPS) is 11.8. The monoisotopic (exact) mass is 376 g/mol. The number of thiophene rings is 1. The summed E-state index contributed by atoms with van der Waals surface area (Å²) in [4.78, 5) is 5.48. The Kier molecular flexibility index (Phi) is 5.36. The Balaban J connectivity index is 1.60. The minimum absolute atomic E-state index is 0.279. The second-order valence-electron chi connectivity index (χ2n) is 5.73. The van der Waals surface area contributed by atoms with Crippen molar-refractivity contribution in [2.75, 3.05) is 6.54 Å². The summed E-state index contributed by atoms with van der Waals surface area (Å²) in [7, 11) is -3.46. The lowest BCUT2D eigenvalue weighted by Crippen LogP contribution is -2.25. The highest BCUT2D eigenvalue weighted by Gasteiger charge is 2.16. The van der Waals surface area contributed by atoms with Crippen LogP contribution >= 0.6 is 11.3 Å². The van der Waals surface area contributed by atoms with E-state index in [4.69, 9.17) is 4.42 Å². The van der Waals surface area contributed by atoms with Crippen LogP contribution in [0.3, 0.4) is 0 Å². The second-order valence-corrected chi connectivity index (χ2v) is 8.89. The number of nitrogens with one attached hydrogen (secondary N) is 1. The molecule has 2 aromatic heterocycles. The first-order valence-electron chi connectivity index (χ1n) is 8.08. The molecule has 0 radical (unpaired) electrons. The van der Waals surface area contributed by atoms with Crippen molar-refractivity contribution in [2.24, 2.45) is 0 Å². The Hall–Kier alpha value is -1.96. The molecule has 0 saturated heterocycles. The van der Waals surface area contributed by atoms with E-state index in [2.05, 4.69) is 9.71 Å². The van der Waals surface area contributed by atoms with Crippen LogP contribution in [0.25, 0.3) is 11.5 Å². The molecule has 0 unspecified atom stereocenters. The van der Waals surface area contributed by atoms with Crippen molar-refractivity contribution in [3.63, 3.8) is 0 Å². The highest BCUT2D eigenvalue weighted by atomic mass is 32.2. The van der Waals surface area contributed by atoms with E-state index in [0.29, 0.717) is 16.5 Å². The fourth-order valence-electron chi connectivity index (χ4n) is 2.33. The van der Waals surface area contributed by atoms with E-state index in [1.54, 1.807) is 12.3 Å². The van der Waals surface area contributed by atoms with E-state index in [1.165, 1.54) is 16.9 Å². The number of nitrogens with zero attached hydrogens (tertiary/aromatic N) is 1. The van der Waals surface area contributed by atoms with Crippen LogP contribution in [0.4, 0.5) is 0 Å². The molecule has 2 heterocycles. The molecule has 1 N–H and O–H groups in total. The standard InChI is InChI=1S/C18H20N2O3S2/c1-3-16-8-9-17(24-16)25(21,22)19-11-10-15-12-23-18(20-15)14-6-4-13(2)5-7-14/h4-9,12,19H,3,10-11H2,1-2H3. The number of benzene rings is 1. The zero-order valence-corrected chi connectivity index (χ0v) is 15.8. The molecule has 0 bridgehead atoms. The van der Waals surface area contributed by atoms with Crippen molar-refractivity contribution >= 4 is 21.4 Å². The second kappa shape index (κ2) is 7.51. The topological polar surface area (TPSA) is 72.2 Å². The number of aryl methyl sites for hydroxylation is 2. The first-order chi connectivity index (χ1) is 12.0. The highest BCUT2D eigenvalue weighted by Crippen LogP contribution is 2.22. The fraction of sp³-hybridized carbons (Fsp3) is 0.278. The summed E-state index contributed by atoms with van der Waals surface area (Å²) in [6.45, 7) is 4.31. The van der Waals surface area contributed by atoms with Crippen LogP contribution < -0.4 is 4.72 Å². The van der Waals surface area contributed by atoms with E-state index in [1.807, 2.05) is 44.2 Å². The Labute approximate surface area is 151 Å². The van der Waals surface area contributed by atoms with E-state index < -0.39 is 10.0 Å². The third-order valence-electron chi connectivity index (χ3n) is 3.77. The Morgan fingerprint density at radius 3 is 2.60 bits per heavy atom. The maximum absolute atomic E-state index is 12.3. The predicted molar refractivity (Wildman–Crippen MR) is 99.3 cm³/mol. The van der Waals surface area contributed by atoms with Crippen LogP contribution in [0.2, 0.25) is 0 Å². The number of sulfonamides is 1. The third kappa shape index (κ3) is 4.36. The summed E-state index contributed by atoms with van der Waals surface area (Å²) in [6.07, 6.45) is 2.88. The van der Waals surface area contributed by atoms with Crippen LogP contribution in [0.1, 0.15) is 23.1 Å². The summed E-state index contributed by atoms with van der Waals surface area (Å²) in [5, 5.41) is 0. The maximum atomic E-state index is 12.3. The van der Waals surface area contributed by atoms with Crippen LogP contribution in [0, 0.1) is 6.92 Å². The molecule has 0 saturated carbocycles. The summed E-state index contributed by atoms with van der Waals surface area (Å²) < 4.78 is 33.0. The average Bonchev–Trinajstić information content (AvgIpc) is 3.25.